The van der Waals surface area contributed by atoms with Crippen molar-refractivity contribution in [1.82, 2.24) is 24.8 Å². The predicted molar refractivity (Wildman–Crippen MR) is 110 cm³/mol. The smallest absolute Gasteiger partial charge is 0.220 e. The van der Waals surface area contributed by atoms with E-state index >= 15 is 0 Å². The third-order valence-corrected chi connectivity index (χ3v) is 5.10. The Morgan fingerprint density at radius 1 is 1.26 bits per heavy atom. The number of aliphatic hydroxyl groups is 2. The molecule has 0 aliphatic carbocycles. The van der Waals surface area contributed by atoms with Gasteiger partial charge in [0.05, 0.1) is 19.5 Å². The molecule has 1 aliphatic rings. The number of anilines is 1. The van der Waals surface area contributed by atoms with E-state index in [-0.39, 0.29) is 18.1 Å². The first-order valence-electron chi connectivity index (χ1n) is 9.93. The number of nitrogen functional groups attached to an aromatic ring is 1. The molecule has 3 heterocycles. The monoisotopic (exact) mass is 428 g/mol. The Balaban J connectivity index is 1.42. The first-order valence-corrected chi connectivity index (χ1v) is 9.93. The Hall–Kier alpha value is -3.28. The Bertz CT molecular complexity index is 1030. The minimum atomic E-state index is -1.11. The summed E-state index contributed by atoms with van der Waals surface area (Å²) >= 11 is 0. The highest BCUT2D eigenvalue weighted by molar-refractivity contribution is 5.81. The van der Waals surface area contributed by atoms with Gasteiger partial charge in [0.2, 0.25) is 5.91 Å². The molecule has 1 saturated heterocycles. The molecule has 5 N–H and O–H groups in total. The molecule has 0 unspecified atom stereocenters. The van der Waals surface area contributed by atoms with Crippen LogP contribution in [0.25, 0.3) is 11.2 Å². The molecule has 3 aromatic rings. The number of nitrogens with one attached hydrogen (secondary N) is 1. The number of imidazole rings is 1. The maximum Gasteiger partial charge on any atom is 0.220 e. The van der Waals surface area contributed by atoms with Crippen molar-refractivity contribution in [2.75, 3.05) is 18.9 Å². The highest BCUT2D eigenvalue weighted by Gasteiger charge is 2.45. The van der Waals surface area contributed by atoms with E-state index in [1.54, 1.807) is 4.57 Å². The minimum Gasteiger partial charge on any atom is -0.494 e. The maximum atomic E-state index is 12.5. The number of nitrogens with two attached hydrogens (primary N) is 1. The van der Waals surface area contributed by atoms with Gasteiger partial charge in [-0.2, -0.15) is 0 Å². The molecule has 0 bridgehead atoms. The summed E-state index contributed by atoms with van der Waals surface area (Å²) in [6, 6.07) is 8.53. The highest BCUT2D eigenvalue weighted by atomic mass is 16.5. The zero-order valence-electron chi connectivity index (χ0n) is 16.7. The number of aliphatic hydroxyl groups excluding tert-OH is 2. The van der Waals surface area contributed by atoms with E-state index in [9.17, 15) is 15.0 Å². The molecule has 2 aromatic heterocycles. The Morgan fingerprint density at radius 3 is 2.84 bits per heavy atom. The molecule has 11 nitrogen and oxygen atoms in total. The zero-order chi connectivity index (χ0) is 21.8. The summed E-state index contributed by atoms with van der Waals surface area (Å²) in [6.07, 6.45) is 0.647. The van der Waals surface area contributed by atoms with Crippen LogP contribution in [0, 0.1) is 0 Å². The topological polar surface area (TPSA) is 158 Å². The van der Waals surface area contributed by atoms with Crippen LogP contribution in [-0.2, 0) is 9.53 Å². The van der Waals surface area contributed by atoms with Crippen LogP contribution in [0.3, 0.4) is 0 Å². The molecule has 0 spiro atoms. The van der Waals surface area contributed by atoms with E-state index < -0.39 is 31.1 Å². The van der Waals surface area contributed by atoms with Crippen molar-refractivity contribution in [3.05, 3.63) is 43.0 Å². The fourth-order valence-corrected chi connectivity index (χ4v) is 3.54. The molecule has 31 heavy (non-hydrogen) atoms. The number of carbonyl (C=O) groups excluding carboxylic acids is 1. The summed E-state index contributed by atoms with van der Waals surface area (Å²) in [5, 5.41) is 23.0. The molecular formula is C20H24N6O5. The number of para-hydroxylation sites is 1. The molecule has 0 radical (unpaired) electrons. The molecule has 1 fully saturated rings. The van der Waals surface area contributed by atoms with Gasteiger partial charge in [-0.1, -0.05) is 18.2 Å². The number of fused-ring (bicyclic) bond motifs is 1. The first-order chi connectivity index (χ1) is 15.1. The fourth-order valence-electron chi connectivity index (χ4n) is 3.54. The van der Waals surface area contributed by atoms with Crippen molar-refractivity contribution in [2.45, 2.75) is 37.3 Å². The van der Waals surface area contributed by atoms with Crippen molar-refractivity contribution in [1.29, 1.82) is 0 Å². The molecule has 1 aromatic carbocycles. The SMILES string of the molecule is Nc1ncnc2c1ncn2[C@@H]1O[C@H](CO)[C@@H](O)[C@H]1NC(=O)CCCOc1ccccc1. The van der Waals surface area contributed by atoms with Crippen molar-refractivity contribution >= 4 is 22.9 Å². The third kappa shape index (κ3) is 4.43. The predicted octanol–water partition coefficient (Wildman–Crippen LogP) is 0.00310. The van der Waals surface area contributed by atoms with Gasteiger partial charge in [0.15, 0.2) is 17.7 Å². The van der Waals surface area contributed by atoms with Crippen LogP contribution in [0.4, 0.5) is 5.82 Å². The number of amides is 1. The maximum absolute atomic E-state index is 12.5. The van der Waals surface area contributed by atoms with Crippen molar-refractivity contribution in [3.63, 3.8) is 0 Å². The fraction of sp³-hybridized carbons (Fsp3) is 0.400. The third-order valence-electron chi connectivity index (χ3n) is 5.10. The number of hydrogen-bond donors (Lipinski definition) is 4. The number of ether oxygens (including phenoxy) is 2. The van der Waals surface area contributed by atoms with Crippen LogP contribution in [0.1, 0.15) is 19.1 Å². The quantitative estimate of drug-likeness (QED) is 0.363. The van der Waals surface area contributed by atoms with Gasteiger partial charge in [-0.15, -0.1) is 0 Å². The van der Waals surface area contributed by atoms with E-state index in [4.69, 9.17) is 15.2 Å². The molecule has 0 saturated carbocycles. The van der Waals surface area contributed by atoms with Gasteiger partial charge in [-0.25, -0.2) is 15.0 Å². The summed E-state index contributed by atoms with van der Waals surface area (Å²) in [5.74, 6) is 0.674. The van der Waals surface area contributed by atoms with Crippen LogP contribution < -0.4 is 15.8 Å². The standard InChI is InChI=1S/C20H24N6O5/c21-18-16-19(23-10-22-18)26(11-24-16)20-15(17(29)13(9-27)31-20)25-14(28)7-4-8-30-12-5-2-1-3-6-12/h1-3,5-6,10-11,13,15,17,20,27,29H,4,7-9H2,(H,25,28)(H2,21,22,23)/t13-,15-,17-,20-/m1/s1. The average Bonchev–Trinajstić information content (AvgIpc) is 3.34. The molecule has 164 valence electrons. The van der Waals surface area contributed by atoms with E-state index in [1.807, 2.05) is 30.3 Å². The average molecular weight is 428 g/mol. The van der Waals surface area contributed by atoms with Gasteiger partial charge in [0.25, 0.3) is 0 Å². The van der Waals surface area contributed by atoms with Crippen LogP contribution in [0.15, 0.2) is 43.0 Å². The lowest BCUT2D eigenvalue weighted by Crippen LogP contribution is -2.46. The van der Waals surface area contributed by atoms with Crippen LogP contribution in [-0.4, -0.2) is 67.1 Å². The molecular weight excluding hydrogens is 404 g/mol. The number of rotatable bonds is 8. The Morgan fingerprint density at radius 2 is 2.06 bits per heavy atom. The summed E-state index contributed by atoms with van der Waals surface area (Å²) in [6.45, 7) is -0.0229. The van der Waals surface area contributed by atoms with E-state index in [0.29, 0.717) is 24.2 Å². The lowest BCUT2D eigenvalue weighted by molar-refractivity contribution is -0.123. The summed E-state index contributed by atoms with van der Waals surface area (Å²) in [5.41, 5.74) is 6.62. The van der Waals surface area contributed by atoms with E-state index in [0.717, 1.165) is 5.75 Å². The molecule has 11 heteroatoms. The lowest BCUT2D eigenvalue weighted by Gasteiger charge is -2.23. The summed E-state index contributed by atoms with van der Waals surface area (Å²) in [4.78, 5) is 24.8. The van der Waals surface area contributed by atoms with Crippen molar-refractivity contribution in [2.24, 2.45) is 0 Å². The second-order valence-electron chi connectivity index (χ2n) is 7.18. The number of hydrogen-bond acceptors (Lipinski definition) is 9. The van der Waals surface area contributed by atoms with Crippen molar-refractivity contribution in [3.8, 4) is 5.75 Å². The molecule has 1 amide bonds. The molecule has 4 rings (SSSR count). The van der Waals surface area contributed by atoms with Gasteiger partial charge in [0, 0.05) is 6.42 Å². The van der Waals surface area contributed by atoms with Gasteiger partial charge in [0.1, 0.15) is 35.8 Å². The number of aromatic nitrogens is 4. The summed E-state index contributed by atoms with van der Waals surface area (Å²) < 4.78 is 13.0. The number of carbonyl (C=O) groups is 1. The normalized spacial score (nSPS) is 23.2. The number of benzene rings is 1. The van der Waals surface area contributed by atoms with Gasteiger partial charge < -0.3 is 30.7 Å². The van der Waals surface area contributed by atoms with E-state index in [2.05, 4.69) is 20.3 Å². The van der Waals surface area contributed by atoms with Gasteiger partial charge >= 0.3 is 0 Å². The van der Waals surface area contributed by atoms with Gasteiger partial charge in [-0.05, 0) is 18.6 Å². The Labute approximate surface area is 177 Å². The highest BCUT2D eigenvalue weighted by Crippen LogP contribution is 2.32. The Kier molecular flexibility index (Phi) is 6.26. The second-order valence-corrected chi connectivity index (χ2v) is 7.18. The van der Waals surface area contributed by atoms with Crippen LogP contribution in [0.2, 0.25) is 0 Å². The first kappa shape index (κ1) is 21.0. The lowest BCUT2D eigenvalue weighted by atomic mass is 10.1. The minimum absolute atomic E-state index is 0.201. The van der Waals surface area contributed by atoms with Crippen LogP contribution in [0.5, 0.6) is 5.75 Å². The second kappa shape index (κ2) is 9.25. The van der Waals surface area contributed by atoms with E-state index in [1.165, 1.54) is 12.7 Å². The summed E-state index contributed by atoms with van der Waals surface area (Å²) in [7, 11) is 0. The molecule has 1 aliphatic heterocycles. The van der Waals surface area contributed by atoms with Crippen LogP contribution >= 0.6 is 0 Å². The molecule has 4 atom stereocenters. The van der Waals surface area contributed by atoms with Gasteiger partial charge in [-0.3, -0.25) is 9.36 Å². The number of nitrogens with zero attached hydrogens (tertiary/aromatic N) is 4. The largest absolute Gasteiger partial charge is 0.494 e. The van der Waals surface area contributed by atoms with Crippen molar-refractivity contribution < 1.29 is 24.5 Å². The zero-order valence-corrected chi connectivity index (χ0v) is 16.7.